The van der Waals surface area contributed by atoms with E-state index in [0.29, 0.717) is 29.8 Å². The third-order valence-corrected chi connectivity index (χ3v) is 5.70. The number of anilines is 2. The summed E-state index contributed by atoms with van der Waals surface area (Å²) >= 11 is 0. The summed E-state index contributed by atoms with van der Waals surface area (Å²) in [6.45, 7) is 0.105. The van der Waals surface area contributed by atoms with Gasteiger partial charge in [-0.15, -0.1) is 0 Å². The lowest BCUT2D eigenvalue weighted by Gasteiger charge is -2.16. The Hall–Kier alpha value is -4.33. The van der Waals surface area contributed by atoms with E-state index in [9.17, 15) is 22.8 Å². The van der Waals surface area contributed by atoms with Crippen molar-refractivity contribution in [2.45, 2.75) is 32.0 Å². The van der Waals surface area contributed by atoms with Gasteiger partial charge >= 0.3 is 6.18 Å². The SMILES string of the molecule is N#Cc1ccc(Nc2ccc(CNC(=O)C3(CC(=O)c4cncnc4)CC3)nc2)c(C(F)(F)F)c1. The van der Waals surface area contributed by atoms with E-state index in [1.807, 2.05) is 0 Å². The maximum absolute atomic E-state index is 13.4. The Balaban J connectivity index is 1.36. The summed E-state index contributed by atoms with van der Waals surface area (Å²) in [6, 6.07) is 8.07. The molecule has 0 atom stereocenters. The molecule has 1 aliphatic rings. The van der Waals surface area contributed by atoms with E-state index in [-0.39, 0.29) is 35.9 Å². The molecule has 0 spiro atoms. The van der Waals surface area contributed by atoms with Crippen molar-refractivity contribution in [3.63, 3.8) is 0 Å². The molecule has 0 aliphatic heterocycles. The lowest BCUT2D eigenvalue weighted by Crippen LogP contribution is -2.33. The standard InChI is InChI=1S/C24H19F3N6O2/c25-24(26,27)19-7-15(9-28)1-4-20(19)33-18-3-2-17(31-13-18)12-32-22(35)23(5-6-23)8-21(34)16-10-29-14-30-11-16/h1-4,7,10-11,13-14,33H,5-6,8,12H2,(H,32,35). The second-order valence-corrected chi connectivity index (χ2v) is 8.22. The van der Waals surface area contributed by atoms with E-state index in [4.69, 9.17) is 5.26 Å². The van der Waals surface area contributed by atoms with Crippen LogP contribution in [0, 0.1) is 16.7 Å². The number of amides is 1. The molecule has 8 nitrogen and oxygen atoms in total. The van der Waals surface area contributed by atoms with Crippen molar-refractivity contribution in [3.8, 4) is 6.07 Å². The largest absolute Gasteiger partial charge is 0.418 e. The van der Waals surface area contributed by atoms with E-state index in [2.05, 4.69) is 25.6 Å². The number of alkyl halides is 3. The summed E-state index contributed by atoms with van der Waals surface area (Å²) in [5.74, 6) is -0.452. The Labute approximate surface area is 198 Å². The van der Waals surface area contributed by atoms with Crippen LogP contribution in [0.3, 0.4) is 0 Å². The van der Waals surface area contributed by atoms with Crippen LogP contribution in [0.15, 0.2) is 55.2 Å². The van der Waals surface area contributed by atoms with Crippen LogP contribution in [0.5, 0.6) is 0 Å². The van der Waals surface area contributed by atoms with Gasteiger partial charge < -0.3 is 10.6 Å². The molecular formula is C24H19F3N6O2. The summed E-state index contributed by atoms with van der Waals surface area (Å²) in [6.07, 6.45) is 2.13. The first-order valence-corrected chi connectivity index (χ1v) is 10.6. The fourth-order valence-electron chi connectivity index (χ4n) is 3.56. The average Bonchev–Trinajstić information content (AvgIpc) is 3.64. The van der Waals surface area contributed by atoms with Crippen LogP contribution in [0.25, 0.3) is 0 Å². The molecular weight excluding hydrogens is 461 g/mol. The number of Topliss-reactive ketones (excluding diaryl/α,β-unsaturated/α-hetero) is 1. The van der Waals surface area contributed by atoms with E-state index in [0.717, 1.165) is 6.07 Å². The quantitative estimate of drug-likeness (QED) is 0.464. The fraction of sp³-hybridized carbons (Fsp3) is 0.250. The molecule has 11 heteroatoms. The topological polar surface area (TPSA) is 121 Å². The molecule has 1 fully saturated rings. The van der Waals surface area contributed by atoms with Crippen LogP contribution in [-0.4, -0.2) is 26.6 Å². The first-order chi connectivity index (χ1) is 16.7. The molecule has 178 valence electrons. The smallest absolute Gasteiger partial charge is 0.354 e. The van der Waals surface area contributed by atoms with Crippen LogP contribution in [0.2, 0.25) is 0 Å². The molecule has 0 unspecified atom stereocenters. The monoisotopic (exact) mass is 480 g/mol. The zero-order chi connectivity index (χ0) is 25.1. The van der Waals surface area contributed by atoms with E-state index < -0.39 is 17.2 Å². The van der Waals surface area contributed by atoms with Crippen LogP contribution in [0.1, 0.15) is 46.4 Å². The summed E-state index contributed by atoms with van der Waals surface area (Å²) < 4.78 is 40.1. The Morgan fingerprint density at radius 3 is 2.43 bits per heavy atom. The third-order valence-electron chi connectivity index (χ3n) is 5.70. The van der Waals surface area contributed by atoms with Gasteiger partial charge in [0.2, 0.25) is 5.91 Å². The van der Waals surface area contributed by atoms with Crippen molar-refractivity contribution in [1.29, 1.82) is 5.26 Å². The Morgan fingerprint density at radius 1 is 1.09 bits per heavy atom. The molecule has 2 N–H and O–H groups in total. The van der Waals surface area contributed by atoms with E-state index in [1.54, 1.807) is 18.2 Å². The number of hydrogen-bond donors (Lipinski definition) is 2. The predicted molar refractivity (Wildman–Crippen MR) is 118 cm³/mol. The number of carbonyl (C=O) groups is 2. The highest BCUT2D eigenvalue weighted by molar-refractivity contribution is 6.00. The number of rotatable bonds is 8. The van der Waals surface area contributed by atoms with Gasteiger partial charge in [0.15, 0.2) is 5.78 Å². The molecule has 0 radical (unpaired) electrons. The third kappa shape index (κ3) is 5.60. The molecule has 2 heterocycles. The molecule has 2 aromatic heterocycles. The minimum atomic E-state index is -4.64. The first kappa shape index (κ1) is 23.8. The molecule has 0 bridgehead atoms. The van der Waals surface area contributed by atoms with Crippen molar-refractivity contribution in [2.75, 3.05) is 5.32 Å². The molecule has 35 heavy (non-hydrogen) atoms. The number of benzene rings is 1. The zero-order valence-electron chi connectivity index (χ0n) is 18.3. The number of pyridine rings is 1. The van der Waals surface area contributed by atoms with Gasteiger partial charge in [-0.05, 0) is 43.2 Å². The number of nitrogens with one attached hydrogen (secondary N) is 2. The summed E-state index contributed by atoms with van der Waals surface area (Å²) in [7, 11) is 0. The number of ketones is 1. The number of aromatic nitrogens is 3. The summed E-state index contributed by atoms with van der Waals surface area (Å²) in [5.41, 5.74) is -0.852. The summed E-state index contributed by atoms with van der Waals surface area (Å²) in [5, 5.41) is 14.3. The maximum atomic E-state index is 13.4. The lowest BCUT2D eigenvalue weighted by atomic mass is 9.96. The highest BCUT2D eigenvalue weighted by Gasteiger charge is 2.51. The minimum Gasteiger partial charge on any atom is -0.354 e. The number of nitrogens with zero attached hydrogens (tertiary/aromatic N) is 4. The molecule has 1 aromatic carbocycles. The van der Waals surface area contributed by atoms with Crippen molar-refractivity contribution < 1.29 is 22.8 Å². The van der Waals surface area contributed by atoms with Gasteiger partial charge in [0.05, 0.1) is 58.0 Å². The second kappa shape index (κ2) is 9.50. The van der Waals surface area contributed by atoms with Crippen LogP contribution >= 0.6 is 0 Å². The molecule has 1 saturated carbocycles. The van der Waals surface area contributed by atoms with Crippen LogP contribution < -0.4 is 10.6 Å². The molecule has 1 amide bonds. The Kier molecular flexibility index (Phi) is 6.46. The maximum Gasteiger partial charge on any atom is 0.418 e. The average molecular weight is 480 g/mol. The highest BCUT2D eigenvalue weighted by Crippen LogP contribution is 2.49. The second-order valence-electron chi connectivity index (χ2n) is 8.22. The Morgan fingerprint density at radius 2 is 1.83 bits per heavy atom. The Bertz CT molecular complexity index is 1280. The first-order valence-electron chi connectivity index (χ1n) is 10.6. The number of halogens is 3. The lowest BCUT2D eigenvalue weighted by molar-refractivity contribution is -0.137. The summed E-state index contributed by atoms with van der Waals surface area (Å²) in [4.78, 5) is 36.9. The van der Waals surface area contributed by atoms with Crippen LogP contribution in [0.4, 0.5) is 24.5 Å². The molecule has 4 rings (SSSR count). The van der Waals surface area contributed by atoms with Gasteiger partial charge in [-0.2, -0.15) is 18.4 Å². The zero-order valence-corrected chi connectivity index (χ0v) is 18.3. The van der Waals surface area contributed by atoms with Gasteiger partial charge in [0, 0.05) is 18.8 Å². The number of carbonyl (C=O) groups excluding carboxylic acids is 2. The van der Waals surface area contributed by atoms with Crippen molar-refractivity contribution in [2.24, 2.45) is 5.41 Å². The van der Waals surface area contributed by atoms with Crippen molar-refractivity contribution in [3.05, 3.63) is 77.6 Å². The van der Waals surface area contributed by atoms with Gasteiger partial charge in [0.25, 0.3) is 0 Å². The van der Waals surface area contributed by atoms with Crippen molar-refractivity contribution >= 4 is 23.1 Å². The molecule has 3 aromatic rings. The van der Waals surface area contributed by atoms with Gasteiger partial charge in [-0.25, -0.2) is 9.97 Å². The molecule has 0 saturated heterocycles. The highest BCUT2D eigenvalue weighted by atomic mass is 19.4. The van der Waals surface area contributed by atoms with Gasteiger partial charge in [0.1, 0.15) is 6.33 Å². The van der Waals surface area contributed by atoms with Crippen LogP contribution in [-0.2, 0) is 17.5 Å². The minimum absolute atomic E-state index is 0.0641. The number of hydrogen-bond acceptors (Lipinski definition) is 7. The number of nitriles is 1. The fourth-order valence-corrected chi connectivity index (χ4v) is 3.56. The normalized spacial score (nSPS) is 14.0. The van der Waals surface area contributed by atoms with Gasteiger partial charge in [-0.3, -0.25) is 14.6 Å². The van der Waals surface area contributed by atoms with E-state index >= 15 is 0 Å². The van der Waals surface area contributed by atoms with Gasteiger partial charge in [-0.1, -0.05) is 0 Å². The predicted octanol–water partition coefficient (Wildman–Crippen LogP) is 4.18. The van der Waals surface area contributed by atoms with E-state index in [1.165, 1.54) is 37.1 Å². The van der Waals surface area contributed by atoms with Crippen molar-refractivity contribution in [1.82, 2.24) is 20.3 Å². The molecule has 1 aliphatic carbocycles.